The van der Waals surface area contributed by atoms with Crippen LogP contribution in [-0.2, 0) is 9.84 Å². The van der Waals surface area contributed by atoms with Crippen LogP contribution in [0.15, 0.2) is 86.9 Å². The topological polar surface area (TPSA) is 93.8 Å². The molecule has 0 spiro atoms. The first kappa shape index (κ1) is 23.3. The van der Waals surface area contributed by atoms with Crippen LogP contribution in [0.2, 0.25) is 10.0 Å². The molecule has 1 aromatic heterocycles. The van der Waals surface area contributed by atoms with Crippen molar-refractivity contribution >= 4 is 44.0 Å². The van der Waals surface area contributed by atoms with Crippen molar-refractivity contribution in [3.63, 3.8) is 0 Å². The number of ether oxygens (including phenoxy) is 1. The molecular weight excluding hydrogens is 487 g/mol. The number of benzene rings is 3. The van der Waals surface area contributed by atoms with Crippen LogP contribution in [0.3, 0.4) is 0 Å². The Kier molecular flexibility index (Phi) is 6.76. The molecule has 9 heteroatoms. The Bertz CT molecular complexity index is 1450. The summed E-state index contributed by atoms with van der Waals surface area (Å²) in [6.45, 7) is -0.264. The number of hydrogen-bond donors (Lipinski definition) is 1. The Morgan fingerprint density at radius 2 is 1.55 bits per heavy atom. The second-order valence-electron chi connectivity index (χ2n) is 7.34. The number of aliphatic hydroxyl groups excluding tert-OH is 1. The molecule has 0 amide bonds. The molecule has 4 aromatic rings. The number of aliphatic hydroxyl groups is 1. The first-order valence-corrected chi connectivity index (χ1v) is 12.3. The zero-order valence-electron chi connectivity index (χ0n) is 17.1. The molecule has 0 aliphatic carbocycles. The summed E-state index contributed by atoms with van der Waals surface area (Å²) < 4.78 is 36.3. The van der Waals surface area contributed by atoms with E-state index in [-0.39, 0.29) is 16.9 Å². The number of halogens is 2. The minimum Gasteiger partial charge on any atom is -0.491 e. The van der Waals surface area contributed by atoms with Crippen molar-refractivity contribution in [1.82, 2.24) is 0 Å². The van der Waals surface area contributed by atoms with Crippen molar-refractivity contribution < 1.29 is 22.7 Å². The van der Waals surface area contributed by atoms with Gasteiger partial charge in [0, 0.05) is 27.7 Å². The fraction of sp³-hybridized carbons (Fsp3) is 0.125. The summed E-state index contributed by atoms with van der Waals surface area (Å²) in [5.74, 6) is 0.176. The average Bonchev–Trinajstić information content (AvgIpc) is 2.78. The zero-order chi connectivity index (χ0) is 23.6. The molecule has 0 aliphatic rings. The van der Waals surface area contributed by atoms with Gasteiger partial charge in [0.05, 0.1) is 16.0 Å². The van der Waals surface area contributed by atoms with Gasteiger partial charge in [-0.05, 0) is 60.7 Å². The normalized spacial score (nSPS) is 12.6. The van der Waals surface area contributed by atoms with E-state index in [1.807, 2.05) is 0 Å². The monoisotopic (exact) mass is 504 g/mol. The summed E-state index contributed by atoms with van der Waals surface area (Å²) in [6.07, 6.45) is -1.27. The lowest BCUT2D eigenvalue weighted by Crippen LogP contribution is -2.27. The number of fused-ring (bicyclic) bond motifs is 1. The molecule has 170 valence electrons. The maximum atomic E-state index is 12.5. The van der Waals surface area contributed by atoms with Crippen molar-refractivity contribution in [1.29, 1.82) is 0 Å². The summed E-state index contributed by atoms with van der Waals surface area (Å²) in [5, 5.41) is 11.6. The zero-order valence-corrected chi connectivity index (χ0v) is 19.4. The predicted molar refractivity (Wildman–Crippen MR) is 128 cm³/mol. The molecule has 0 radical (unpaired) electrons. The molecule has 1 atom stereocenters. The van der Waals surface area contributed by atoms with Gasteiger partial charge in [-0.25, -0.2) is 8.42 Å². The minimum atomic E-state index is -3.72. The van der Waals surface area contributed by atoms with Gasteiger partial charge in [-0.15, -0.1) is 0 Å². The number of sulfone groups is 1. The minimum absolute atomic E-state index is 0.0631. The summed E-state index contributed by atoms with van der Waals surface area (Å²) in [5.41, 5.74) is 0.766. The third kappa shape index (κ3) is 5.57. The second-order valence-corrected chi connectivity index (χ2v) is 10.2. The fourth-order valence-electron chi connectivity index (χ4n) is 3.21. The highest BCUT2D eigenvalue weighted by atomic mass is 35.5. The second kappa shape index (κ2) is 9.57. The van der Waals surface area contributed by atoms with Crippen LogP contribution in [0.1, 0.15) is 0 Å². The lowest BCUT2D eigenvalue weighted by Gasteiger charge is -2.13. The highest BCUT2D eigenvalue weighted by Gasteiger charge is 2.20. The van der Waals surface area contributed by atoms with Gasteiger partial charge in [0.15, 0.2) is 15.3 Å². The summed E-state index contributed by atoms with van der Waals surface area (Å²) in [7, 11) is -3.72. The smallest absolute Gasteiger partial charge is 0.193 e. The van der Waals surface area contributed by atoms with Crippen molar-refractivity contribution in [3.8, 4) is 17.1 Å². The molecule has 0 fully saturated rings. The maximum Gasteiger partial charge on any atom is 0.193 e. The molecule has 0 saturated carbocycles. The SMILES string of the molecule is O=c1cc(-c2ccc(Cl)cc2)oc2cc(OC[C@H](O)CS(=O)(=O)c3ccc(Cl)cc3)ccc12. The van der Waals surface area contributed by atoms with E-state index in [1.165, 1.54) is 36.4 Å². The highest BCUT2D eigenvalue weighted by molar-refractivity contribution is 7.91. The molecule has 0 aliphatic heterocycles. The van der Waals surface area contributed by atoms with Crippen LogP contribution in [0, 0.1) is 0 Å². The molecule has 6 nitrogen and oxygen atoms in total. The van der Waals surface area contributed by atoms with Crippen molar-refractivity contribution in [2.45, 2.75) is 11.0 Å². The van der Waals surface area contributed by atoms with E-state index in [1.54, 1.807) is 36.4 Å². The van der Waals surface area contributed by atoms with Gasteiger partial charge in [-0.1, -0.05) is 23.2 Å². The van der Waals surface area contributed by atoms with E-state index in [0.29, 0.717) is 38.1 Å². The van der Waals surface area contributed by atoms with Crippen molar-refractivity contribution in [2.75, 3.05) is 12.4 Å². The number of rotatable bonds is 7. The first-order chi connectivity index (χ1) is 15.7. The molecule has 3 aromatic carbocycles. The largest absolute Gasteiger partial charge is 0.491 e. The van der Waals surface area contributed by atoms with Crippen LogP contribution in [0.5, 0.6) is 5.75 Å². The van der Waals surface area contributed by atoms with E-state index in [2.05, 4.69) is 0 Å². The van der Waals surface area contributed by atoms with E-state index in [0.717, 1.165) is 0 Å². The Morgan fingerprint density at radius 3 is 2.21 bits per heavy atom. The van der Waals surface area contributed by atoms with E-state index in [4.69, 9.17) is 32.4 Å². The summed E-state index contributed by atoms with van der Waals surface area (Å²) in [6, 6.07) is 18.6. The molecule has 33 heavy (non-hydrogen) atoms. The molecule has 1 N–H and O–H groups in total. The van der Waals surface area contributed by atoms with Crippen LogP contribution >= 0.6 is 23.2 Å². The van der Waals surface area contributed by atoms with Gasteiger partial charge < -0.3 is 14.3 Å². The first-order valence-electron chi connectivity index (χ1n) is 9.84. The fourth-order valence-corrected chi connectivity index (χ4v) is 4.81. The van der Waals surface area contributed by atoms with Gasteiger partial charge in [0.25, 0.3) is 0 Å². The maximum absolute atomic E-state index is 12.5. The molecule has 1 heterocycles. The van der Waals surface area contributed by atoms with E-state index in [9.17, 15) is 18.3 Å². The third-order valence-electron chi connectivity index (χ3n) is 4.86. The van der Waals surface area contributed by atoms with E-state index < -0.39 is 21.7 Å². The summed E-state index contributed by atoms with van der Waals surface area (Å²) >= 11 is 11.7. The quantitative estimate of drug-likeness (QED) is 0.381. The van der Waals surface area contributed by atoms with Gasteiger partial charge in [0.2, 0.25) is 0 Å². The van der Waals surface area contributed by atoms with Gasteiger partial charge >= 0.3 is 0 Å². The lowest BCUT2D eigenvalue weighted by molar-refractivity contribution is 0.125. The van der Waals surface area contributed by atoms with E-state index >= 15 is 0 Å². The molecule has 0 unspecified atom stereocenters. The lowest BCUT2D eigenvalue weighted by atomic mass is 10.1. The van der Waals surface area contributed by atoms with Crippen molar-refractivity contribution in [3.05, 3.63) is 93.1 Å². The van der Waals surface area contributed by atoms with Crippen LogP contribution in [-0.4, -0.2) is 32.0 Å². The molecule has 0 bridgehead atoms. The summed E-state index contributed by atoms with van der Waals surface area (Å²) in [4.78, 5) is 12.6. The Labute approximate surface area is 199 Å². The standard InChI is InChI=1S/C24H18Cl2O6S/c25-16-3-1-15(2-4-16)23-12-22(28)21-10-7-19(11-24(21)32-23)31-13-18(27)14-33(29,30)20-8-5-17(26)6-9-20/h1-12,18,27H,13-14H2/t18-/m0/s1. The highest BCUT2D eigenvalue weighted by Crippen LogP contribution is 2.26. The molecular formula is C24H18Cl2O6S. The molecule has 4 rings (SSSR count). The predicted octanol–water partition coefficient (Wildman–Crippen LogP) is 4.98. The van der Waals surface area contributed by atoms with Gasteiger partial charge in [-0.3, -0.25) is 4.79 Å². The van der Waals surface area contributed by atoms with Gasteiger partial charge in [0.1, 0.15) is 29.8 Å². The van der Waals surface area contributed by atoms with Crippen LogP contribution in [0.4, 0.5) is 0 Å². The van der Waals surface area contributed by atoms with Crippen LogP contribution < -0.4 is 10.2 Å². The molecule has 0 saturated heterocycles. The third-order valence-corrected chi connectivity index (χ3v) is 7.17. The number of hydrogen-bond acceptors (Lipinski definition) is 6. The van der Waals surface area contributed by atoms with Crippen molar-refractivity contribution in [2.24, 2.45) is 0 Å². The Balaban J connectivity index is 1.50. The Hall–Kier alpha value is -2.84. The van der Waals surface area contributed by atoms with Crippen LogP contribution in [0.25, 0.3) is 22.3 Å². The van der Waals surface area contributed by atoms with Gasteiger partial charge in [-0.2, -0.15) is 0 Å². The average molecular weight is 505 g/mol. The Morgan fingerprint density at radius 1 is 0.909 bits per heavy atom.